The molecule has 1 aromatic heterocycles. The number of halogens is 3. The number of carbonyl (C=O) groups is 1. The van der Waals surface area contributed by atoms with Crippen LogP contribution in [0.3, 0.4) is 0 Å². The van der Waals surface area contributed by atoms with E-state index in [4.69, 9.17) is 38.4 Å². The lowest BCUT2D eigenvalue weighted by molar-refractivity contribution is -0.115. The molecular formula is C22H20BrCl2N5O3. The van der Waals surface area contributed by atoms with E-state index in [2.05, 4.69) is 31.3 Å². The molecule has 3 aromatic rings. The number of hydrogen-bond donors (Lipinski definition) is 2. The van der Waals surface area contributed by atoms with Crippen LogP contribution in [0.15, 0.2) is 52.4 Å². The molecule has 0 bridgehead atoms. The number of hydrogen-bond acceptors (Lipinski definition) is 6. The fourth-order valence-electron chi connectivity index (χ4n) is 3.65. The molecule has 1 aliphatic rings. The first-order chi connectivity index (χ1) is 15.8. The number of nitrogens with one attached hydrogen (secondary N) is 1. The molecule has 1 aliphatic heterocycles. The van der Waals surface area contributed by atoms with Gasteiger partial charge in [0.2, 0.25) is 11.9 Å². The molecule has 3 N–H and O–H groups in total. The molecular weight excluding hydrogens is 533 g/mol. The fourth-order valence-corrected chi connectivity index (χ4v) is 4.55. The van der Waals surface area contributed by atoms with Crippen LogP contribution in [0, 0.1) is 0 Å². The summed E-state index contributed by atoms with van der Waals surface area (Å²) in [7, 11) is 0. The van der Waals surface area contributed by atoms with E-state index in [0.717, 1.165) is 11.1 Å². The van der Waals surface area contributed by atoms with E-state index in [1.165, 1.54) is 6.33 Å². The summed E-state index contributed by atoms with van der Waals surface area (Å²) in [5.41, 5.74) is 8.30. The fraction of sp³-hybridized carbons (Fsp3) is 0.227. The van der Waals surface area contributed by atoms with Crippen molar-refractivity contribution in [2.45, 2.75) is 26.5 Å². The number of fused-ring (bicyclic) bond motifs is 1. The van der Waals surface area contributed by atoms with Crippen LogP contribution in [0.4, 0.5) is 5.95 Å². The Bertz CT molecular complexity index is 1260. The Morgan fingerprint density at radius 1 is 1.24 bits per heavy atom. The average Bonchev–Trinajstić information content (AvgIpc) is 3.22. The summed E-state index contributed by atoms with van der Waals surface area (Å²) < 4.78 is 14.2. The molecule has 4 rings (SSSR count). The van der Waals surface area contributed by atoms with Crippen molar-refractivity contribution in [2.24, 2.45) is 5.73 Å². The van der Waals surface area contributed by atoms with Crippen molar-refractivity contribution in [3.05, 3.63) is 73.6 Å². The lowest BCUT2D eigenvalue weighted by Crippen LogP contribution is -2.31. The molecule has 1 amide bonds. The van der Waals surface area contributed by atoms with E-state index < -0.39 is 11.9 Å². The van der Waals surface area contributed by atoms with Crippen molar-refractivity contribution in [3.63, 3.8) is 0 Å². The SMILES string of the molecule is CCOc1cc(C2C(C(N)=O)=C(C)Nc3ncnn32)cc(Br)c1OCc1ccc(Cl)c(Cl)c1. The molecule has 1 atom stereocenters. The lowest BCUT2D eigenvalue weighted by atomic mass is 9.95. The van der Waals surface area contributed by atoms with Crippen molar-refractivity contribution in [1.29, 1.82) is 0 Å². The zero-order valence-corrected chi connectivity index (χ0v) is 20.8. The maximum atomic E-state index is 12.3. The van der Waals surface area contributed by atoms with Gasteiger partial charge in [-0.2, -0.15) is 10.1 Å². The summed E-state index contributed by atoms with van der Waals surface area (Å²) in [6, 6.07) is 8.39. The lowest BCUT2D eigenvalue weighted by Gasteiger charge is -2.28. The Kier molecular flexibility index (Phi) is 6.83. The first kappa shape index (κ1) is 23.4. The molecule has 1 unspecified atom stereocenters. The second-order valence-corrected chi connectivity index (χ2v) is 8.93. The summed E-state index contributed by atoms with van der Waals surface area (Å²) >= 11 is 15.7. The number of aromatic nitrogens is 3. The molecule has 2 aromatic carbocycles. The van der Waals surface area contributed by atoms with Gasteiger partial charge in [-0.1, -0.05) is 29.3 Å². The van der Waals surface area contributed by atoms with E-state index in [9.17, 15) is 4.79 Å². The van der Waals surface area contributed by atoms with Crippen LogP contribution in [-0.4, -0.2) is 27.3 Å². The monoisotopic (exact) mass is 551 g/mol. The van der Waals surface area contributed by atoms with Gasteiger partial charge >= 0.3 is 0 Å². The zero-order chi connectivity index (χ0) is 23.7. The maximum Gasteiger partial charge on any atom is 0.248 e. The summed E-state index contributed by atoms with van der Waals surface area (Å²) in [6.45, 7) is 4.32. The van der Waals surface area contributed by atoms with Crippen LogP contribution >= 0.6 is 39.1 Å². The number of rotatable bonds is 7. The summed E-state index contributed by atoms with van der Waals surface area (Å²) in [6.07, 6.45) is 1.42. The average molecular weight is 553 g/mol. The number of anilines is 1. The van der Waals surface area contributed by atoms with Gasteiger partial charge in [-0.25, -0.2) is 4.68 Å². The van der Waals surface area contributed by atoms with Gasteiger partial charge in [0.1, 0.15) is 19.0 Å². The summed E-state index contributed by atoms with van der Waals surface area (Å²) in [5, 5.41) is 8.28. The van der Waals surface area contributed by atoms with E-state index in [1.807, 2.05) is 25.1 Å². The number of carbonyl (C=O) groups excluding carboxylic acids is 1. The van der Waals surface area contributed by atoms with Gasteiger partial charge in [0.15, 0.2) is 11.5 Å². The van der Waals surface area contributed by atoms with Crippen molar-refractivity contribution < 1.29 is 14.3 Å². The molecule has 0 radical (unpaired) electrons. The molecule has 8 nitrogen and oxygen atoms in total. The molecule has 0 aliphatic carbocycles. The number of benzene rings is 2. The summed E-state index contributed by atoms with van der Waals surface area (Å²) in [5.74, 6) is 0.973. The van der Waals surface area contributed by atoms with E-state index >= 15 is 0 Å². The van der Waals surface area contributed by atoms with Crippen LogP contribution in [-0.2, 0) is 11.4 Å². The third-order valence-electron chi connectivity index (χ3n) is 5.07. The van der Waals surface area contributed by atoms with Gasteiger partial charge in [-0.3, -0.25) is 4.79 Å². The zero-order valence-electron chi connectivity index (χ0n) is 17.7. The van der Waals surface area contributed by atoms with Gasteiger partial charge in [-0.15, -0.1) is 0 Å². The number of nitrogens with zero attached hydrogens (tertiary/aromatic N) is 3. The Hall–Kier alpha value is -2.75. The van der Waals surface area contributed by atoms with E-state index in [0.29, 0.717) is 49.8 Å². The van der Waals surface area contributed by atoms with E-state index in [1.54, 1.807) is 23.7 Å². The third kappa shape index (κ3) is 4.66. The van der Waals surface area contributed by atoms with Crippen molar-refractivity contribution in [1.82, 2.24) is 14.8 Å². The second kappa shape index (κ2) is 9.62. The predicted octanol–water partition coefficient (Wildman–Crippen LogP) is 5.10. The molecule has 172 valence electrons. The molecule has 11 heteroatoms. The van der Waals surface area contributed by atoms with Crippen LogP contribution in [0.5, 0.6) is 11.5 Å². The van der Waals surface area contributed by atoms with E-state index in [-0.39, 0.29) is 6.61 Å². The Morgan fingerprint density at radius 2 is 2.03 bits per heavy atom. The summed E-state index contributed by atoms with van der Waals surface area (Å²) in [4.78, 5) is 16.5. The van der Waals surface area contributed by atoms with Gasteiger partial charge in [0.25, 0.3) is 0 Å². The standard InChI is InChI=1S/C22H20BrCl2N5O3/c1-3-32-17-8-13(19-18(21(26)31)11(2)29-22-27-10-28-30(19)22)7-14(23)20(17)33-9-12-4-5-15(24)16(25)6-12/h4-8,10,19H,3,9H2,1-2H3,(H2,26,31)(H,27,28,29). The molecule has 0 saturated heterocycles. The normalized spacial score (nSPS) is 15.1. The first-order valence-corrected chi connectivity index (χ1v) is 11.5. The topological polar surface area (TPSA) is 104 Å². The molecule has 0 spiro atoms. The highest BCUT2D eigenvalue weighted by Gasteiger charge is 2.33. The number of allylic oxidation sites excluding steroid dienone is 1. The van der Waals surface area contributed by atoms with Crippen LogP contribution < -0.4 is 20.5 Å². The van der Waals surface area contributed by atoms with Gasteiger partial charge in [-0.05, 0) is 65.2 Å². The Labute approximate surface area is 208 Å². The van der Waals surface area contributed by atoms with Gasteiger partial charge < -0.3 is 20.5 Å². The molecule has 0 saturated carbocycles. The quantitative estimate of drug-likeness (QED) is 0.422. The van der Waals surface area contributed by atoms with Crippen molar-refractivity contribution in [3.8, 4) is 11.5 Å². The number of amides is 1. The van der Waals surface area contributed by atoms with Crippen LogP contribution in [0.1, 0.15) is 31.0 Å². The highest BCUT2D eigenvalue weighted by Crippen LogP contribution is 2.43. The molecule has 0 fully saturated rings. The minimum absolute atomic E-state index is 0.251. The Morgan fingerprint density at radius 3 is 2.73 bits per heavy atom. The molecule has 2 heterocycles. The predicted molar refractivity (Wildman–Crippen MR) is 130 cm³/mol. The number of ether oxygens (including phenoxy) is 2. The van der Waals surface area contributed by atoms with Crippen LogP contribution in [0.2, 0.25) is 10.0 Å². The third-order valence-corrected chi connectivity index (χ3v) is 6.40. The largest absolute Gasteiger partial charge is 0.490 e. The number of primary amides is 1. The first-order valence-electron chi connectivity index (χ1n) is 10.00. The van der Waals surface area contributed by atoms with Crippen molar-refractivity contribution >= 4 is 51.0 Å². The molecule has 33 heavy (non-hydrogen) atoms. The second-order valence-electron chi connectivity index (χ2n) is 7.26. The highest BCUT2D eigenvalue weighted by atomic mass is 79.9. The minimum Gasteiger partial charge on any atom is -0.490 e. The van der Waals surface area contributed by atoms with Gasteiger partial charge in [0, 0.05) is 5.70 Å². The minimum atomic E-state index is -0.583. The van der Waals surface area contributed by atoms with Crippen LogP contribution in [0.25, 0.3) is 0 Å². The number of nitrogens with two attached hydrogens (primary N) is 1. The van der Waals surface area contributed by atoms with Crippen molar-refractivity contribution in [2.75, 3.05) is 11.9 Å². The maximum absolute atomic E-state index is 12.3. The Balaban J connectivity index is 1.74. The smallest absolute Gasteiger partial charge is 0.248 e. The van der Waals surface area contributed by atoms with Gasteiger partial charge in [0.05, 0.1) is 26.7 Å². The highest BCUT2D eigenvalue weighted by molar-refractivity contribution is 9.10.